The molecular formula is C14H13FN2OS2. The Morgan fingerprint density at radius 3 is 2.85 bits per heavy atom. The Morgan fingerprint density at radius 1 is 1.40 bits per heavy atom. The normalized spacial score (nSPS) is 14.2. The molecule has 1 amide bonds. The first-order valence-electron chi connectivity index (χ1n) is 6.34. The number of carbonyl (C=O) groups excluding carboxylic acids is 1. The lowest BCUT2D eigenvalue weighted by Crippen LogP contribution is -2.13. The number of hydrogen-bond acceptors (Lipinski definition) is 4. The first-order chi connectivity index (χ1) is 9.70. The third-order valence-electron chi connectivity index (χ3n) is 2.95. The highest BCUT2D eigenvalue weighted by Crippen LogP contribution is 2.40. The second-order valence-electron chi connectivity index (χ2n) is 4.64. The van der Waals surface area contributed by atoms with E-state index in [1.165, 1.54) is 48.1 Å². The van der Waals surface area contributed by atoms with Gasteiger partial charge in [0.05, 0.1) is 11.4 Å². The van der Waals surface area contributed by atoms with Gasteiger partial charge in [-0.25, -0.2) is 9.37 Å². The molecule has 1 aliphatic carbocycles. The Labute approximate surface area is 124 Å². The van der Waals surface area contributed by atoms with E-state index >= 15 is 0 Å². The molecule has 1 fully saturated rings. The summed E-state index contributed by atoms with van der Waals surface area (Å²) in [6, 6.07) is 6.12. The molecule has 0 atom stereocenters. The number of carbonyl (C=O) groups is 1. The summed E-state index contributed by atoms with van der Waals surface area (Å²) in [5.41, 5.74) is 1.09. The van der Waals surface area contributed by atoms with Crippen molar-refractivity contribution < 1.29 is 9.18 Å². The van der Waals surface area contributed by atoms with Crippen molar-refractivity contribution in [3.63, 3.8) is 0 Å². The molecule has 0 spiro atoms. The fourth-order valence-electron chi connectivity index (χ4n) is 1.75. The van der Waals surface area contributed by atoms with Crippen LogP contribution in [0.5, 0.6) is 0 Å². The van der Waals surface area contributed by atoms with Gasteiger partial charge in [-0.2, -0.15) is 0 Å². The predicted octanol–water partition coefficient (Wildman–Crippen LogP) is 3.89. The molecule has 20 heavy (non-hydrogen) atoms. The summed E-state index contributed by atoms with van der Waals surface area (Å²) in [5, 5.41) is 5.48. The average Bonchev–Trinajstić information content (AvgIpc) is 3.19. The summed E-state index contributed by atoms with van der Waals surface area (Å²) in [5.74, 6) is 0.542. The lowest BCUT2D eigenvalue weighted by molar-refractivity contribution is -0.113. The van der Waals surface area contributed by atoms with Gasteiger partial charge in [-0.1, -0.05) is 0 Å². The van der Waals surface area contributed by atoms with E-state index in [0.29, 0.717) is 16.8 Å². The number of anilines is 1. The van der Waals surface area contributed by atoms with Crippen molar-refractivity contribution in [3.05, 3.63) is 41.2 Å². The van der Waals surface area contributed by atoms with Crippen molar-refractivity contribution in [2.45, 2.75) is 23.7 Å². The molecule has 1 aromatic heterocycles. The van der Waals surface area contributed by atoms with Gasteiger partial charge in [0.15, 0.2) is 5.13 Å². The Bertz CT molecular complexity index is 608. The maximum Gasteiger partial charge on any atom is 0.236 e. The highest BCUT2D eigenvalue weighted by Gasteiger charge is 2.26. The standard InChI is InChI=1S/C14H13FN2OS2/c15-10-3-5-11(6-4-10)19-8-13(18)17-14-16-12(7-20-14)9-1-2-9/h3-7,9H,1-2,8H2,(H,16,17,18). The van der Waals surface area contributed by atoms with Crippen LogP contribution < -0.4 is 5.32 Å². The van der Waals surface area contributed by atoms with Crippen molar-refractivity contribution in [2.75, 3.05) is 11.1 Å². The molecule has 0 radical (unpaired) electrons. The fraction of sp³-hybridized carbons (Fsp3) is 0.286. The molecule has 3 nitrogen and oxygen atoms in total. The van der Waals surface area contributed by atoms with Crippen LogP contribution in [0.3, 0.4) is 0 Å². The van der Waals surface area contributed by atoms with E-state index in [9.17, 15) is 9.18 Å². The first kappa shape index (κ1) is 13.6. The maximum atomic E-state index is 12.8. The minimum atomic E-state index is -0.269. The third-order valence-corrected chi connectivity index (χ3v) is 4.74. The van der Waals surface area contributed by atoms with Crippen LogP contribution in [0.25, 0.3) is 0 Å². The summed E-state index contributed by atoms with van der Waals surface area (Å²) in [4.78, 5) is 17.1. The predicted molar refractivity (Wildman–Crippen MR) is 79.8 cm³/mol. The van der Waals surface area contributed by atoms with Gasteiger partial charge < -0.3 is 5.32 Å². The topological polar surface area (TPSA) is 42.0 Å². The number of thiazole rings is 1. The Balaban J connectivity index is 1.49. The molecule has 1 aromatic carbocycles. The lowest BCUT2D eigenvalue weighted by Gasteiger charge is -2.02. The van der Waals surface area contributed by atoms with Gasteiger partial charge >= 0.3 is 0 Å². The minimum absolute atomic E-state index is 0.0870. The molecule has 3 rings (SSSR count). The third kappa shape index (κ3) is 3.58. The van der Waals surface area contributed by atoms with Crippen molar-refractivity contribution in [3.8, 4) is 0 Å². The average molecular weight is 308 g/mol. The lowest BCUT2D eigenvalue weighted by atomic mass is 10.3. The first-order valence-corrected chi connectivity index (χ1v) is 8.21. The van der Waals surface area contributed by atoms with Crippen LogP contribution in [-0.4, -0.2) is 16.6 Å². The van der Waals surface area contributed by atoms with E-state index in [1.54, 1.807) is 12.1 Å². The maximum absolute atomic E-state index is 12.8. The Hall–Kier alpha value is -1.40. The van der Waals surface area contributed by atoms with Crippen LogP contribution in [0.15, 0.2) is 34.5 Å². The second kappa shape index (κ2) is 5.93. The number of nitrogens with zero attached hydrogens (tertiary/aromatic N) is 1. The molecule has 1 aliphatic rings. The fourth-order valence-corrected chi connectivity index (χ4v) is 3.25. The number of halogens is 1. The summed E-state index contributed by atoms with van der Waals surface area (Å²) in [6.07, 6.45) is 2.41. The number of hydrogen-bond donors (Lipinski definition) is 1. The summed E-state index contributed by atoms with van der Waals surface area (Å²) in [7, 11) is 0. The molecular weight excluding hydrogens is 295 g/mol. The monoisotopic (exact) mass is 308 g/mol. The van der Waals surface area contributed by atoms with Crippen LogP contribution in [-0.2, 0) is 4.79 Å². The number of amides is 1. The van der Waals surface area contributed by atoms with Gasteiger partial charge in [0.2, 0.25) is 5.91 Å². The quantitative estimate of drug-likeness (QED) is 0.852. The molecule has 1 N–H and O–H groups in total. The SMILES string of the molecule is O=C(CSc1ccc(F)cc1)Nc1nc(C2CC2)cs1. The Morgan fingerprint density at radius 2 is 2.15 bits per heavy atom. The van der Waals surface area contributed by atoms with Crippen LogP contribution >= 0.6 is 23.1 Å². The molecule has 0 unspecified atom stereocenters. The van der Waals surface area contributed by atoms with E-state index in [4.69, 9.17) is 0 Å². The second-order valence-corrected chi connectivity index (χ2v) is 6.55. The minimum Gasteiger partial charge on any atom is -0.301 e. The van der Waals surface area contributed by atoms with Gasteiger partial charge in [0, 0.05) is 16.2 Å². The van der Waals surface area contributed by atoms with Gasteiger partial charge in [-0.3, -0.25) is 4.79 Å². The van der Waals surface area contributed by atoms with E-state index in [-0.39, 0.29) is 11.7 Å². The zero-order chi connectivity index (χ0) is 13.9. The molecule has 1 heterocycles. The molecule has 1 saturated carbocycles. The smallest absolute Gasteiger partial charge is 0.236 e. The van der Waals surface area contributed by atoms with Crippen molar-refractivity contribution in [1.82, 2.24) is 4.98 Å². The van der Waals surface area contributed by atoms with Crippen LogP contribution in [0.4, 0.5) is 9.52 Å². The largest absolute Gasteiger partial charge is 0.301 e. The molecule has 0 bridgehead atoms. The van der Waals surface area contributed by atoms with Crippen LogP contribution in [0.1, 0.15) is 24.5 Å². The molecule has 0 aliphatic heterocycles. The summed E-state index contributed by atoms with van der Waals surface area (Å²) >= 11 is 2.85. The zero-order valence-electron chi connectivity index (χ0n) is 10.6. The van der Waals surface area contributed by atoms with Crippen LogP contribution in [0.2, 0.25) is 0 Å². The van der Waals surface area contributed by atoms with Crippen LogP contribution in [0, 0.1) is 5.82 Å². The van der Waals surface area contributed by atoms with E-state index in [0.717, 1.165) is 10.6 Å². The summed E-state index contributed by atoms with van der Waals surface area (Å²) < 4.78 is 12.8. The van der Waals surface area contributed by atoms with Gasteiger partial charge in [-0.05, 0) is 37.1 Å². The number of benzene rings is 1. The van der Waals surface area contributed by atoms with Crippen molar-refractivity contribution >= 4 is 34.1 Å². The number of rotatable bonds is 5. The highest BCUT2D eigenvalue weighted by atomic mass is 32.2. The molecule has 6 heteroatoms. The van der Waals surface area contributed by atoms with E-state index < -0.39 is 0 Å². The van der Waals surface area contributed by atoms with Gasteiger partial charge in [0.1, 0.15) is 5.82 Å². The van der Waals surface area contributed by atoms with Gasteiger partial charge in [0.25, 0.3) is 0 Å². The molecule has 104 valence electrons. The number of aromatic nitrogens is 1. The van der Waals surface area contributed by atoms with Gasteiger partial charge in [-0.15, -0.1) is 23.1 Å². The Kier molecular flexibility index (Phi) is 4.03. The van der Waals surface area contributed by atoms with E-state index in [1.807, 2.05) is 5.38 Å². The zero-order valence-corrected chi connectivity index (χ0v) is 12.3. The summed E-state index contributed by atoms with van der Waals surface area (Å²) in [6.45, 7) is 0. The van der Waals surface area contributed by atoms with Crippen molar-refractivity contribution in [2.24, 2.45) is 0 Å². The van der Waals surface area contributed by atoms with Crippen molar-refractivity contribution in [1.29, 1.82) is 0 Å². The molecule has 0 saturated heterocycles. The number of nitrogens with one attached hydrogen (secondary N) is 1. The molecule has 2 aromatic rings. The number of thioether (sulfide) groups is 1. The highest BCUT2D eigenvalue weighted by molar-refractivity contribution is 8.00. The van der Waals surface area contributed by atoms with E-state index in [2.05, 4.69) is 10.3 Å².